The Morgan fingerprint density at radius 2 is 1.81 bits per heavy atom. The van der Waals surface area contributed by atoms with Gasteiger partial charge in [-0.05, 0) is 51.7 Å². The Labute approximate surface area is 154 Å². The summed E-state index contributed by atoms with van der Waals surface area (Å²) in [6.45, 7) is 0.474. The van der Waals surface area contributed by atoms with Gasteiger partial charge < -0.3 is 0 Å². The topological polar surface area (TPSA) is 55.6 Å². The Morgan fingerprint density at radius 1 is 1.00 bits per heavy atom. The normalized spacial score (nSPS) is 12.2. The average Bonchev–Trinajstić information content (AvgIpc) is 3.36. The molecule has 0 saturated carbocycles. The number of thiophene rings is 1. The summed E-state index contributed by atoms with van der Waals surface area (Å²) in [5.41, 5.74) is 1.90. The maximum atomic E-state index is 13.3. The summed E-state index contributed by atoms with van der Waals surface area (Å²) in [5.74, 6) is 0.464. The maximum absolute atomic E-state index is 13.3. The van der Waals surface area contributed by atoms with Crippen LogP contribution in [0.3, 0.4) is 0 Å². The van der Waals surface area contributed by atoms with E-state index in [-0.39, 0.29) is 11.9 Å². The van der Waals surface area contributed by atoms with E-state index in [9.17, 15) is 4.39 Å². The van der Waals surface area contributed by atoms with E-state index in [4.69, 9.17) is 0 Å². The number of halogens is 1. The minimum Gasteiger partial charge on any atom is -0.298 e. The molecular formula is C19H16FN5S. The summed E-state index contributed by atoms with van der Waals surface area (Å²) in [7, 11) is 0. The molecule has 2 aromatic carbocycles. The van der Waals surface area contributed by atoms with Gasteiger partial charge in [0.1, 0.15) is 5.82 Å². The van der Waals surface area contributed by atoms with Crippen molar-refractivity contribution in [1.82, 2.24) is 25.5 Å². The van der Waals surface area contributed by atoms with Gasteiger partial charge in [-0.2, -0.15) is 4.68 Å². The molecule has 0 fully saturated rings. The Bertz CT molecular complexity index is 951. The molecule has 4 rings (SSSR count). The second-order valence-electron chi connectivity index (χ2n) is 5.72. The quantitative estimate of drug-likeness (QED) is 0.565. The number of rotatable bonds is 6. The highest BCUT2D eigenvalue weighted by Crippen LogP contribution is 2.26. The van der Waals surface area contributed by atoms with Crippen LogP contribution in [0.15, 0.2) is 72.1 Å². The van der Waals surface area contributed by atoms with Gasteiger partial charge in [0.25, 0.3) is 0 Å². The molecule has 130 valence electrons. The van der Waals surface area contributed by atoms with Crippen molar-refractivity contribution in [3.05, 3.63) is 94.2 Å². The van der Waals surface area contributed by atoms with Crippen LogP contribution < -0.4 is 5.32 Å². The lowest BCUT2D eigenvalue weighted by Gasteiger charge is -2.18. The molecule has 0 aliphatic rings. The molecule has 0 aliphatic heterocycles. The molecule has 0 aliphatic carbocycles. The number of benzene rings is 2. The zero-order valence-electron chi connectivity index (χ0n) is 13.8. The summed E-state index contributed by atoms with van der Waals surface area (Å²) >= 11 is 1.65. The largest absolute Gasteiger partial charge is 0.298 e. The lowest BCUT2D eigenvalue weighted by atomic mass is 10.1. The Kier molecular flexibility index (Phi) is 4.81. The van der Waals surface area contributed by atoms with Gasteiger partial charge in [0.05, 0.1) is 18.3 Å². The first-order valence-electron chi connectivity index (χ1n) is 8.16. The molecule has 2 heterocycles. The van der Waals surface area contributed by atoms with Crippen LogP contribution >= 0.6 is 11.3 Å². The van der Waals surface area contributed by atoms with Gasteiger partial charge in [-0.15, -0.1) is 16.4 Å². The monoisotopic (exact) mass is 365 g/mol. The molecule has 1 N–H and O–H groups in total. The fraction of sp³-hybridized carbons (Fsp3) is 0.105. The van der Waals surface area contributed by atoms with E-state index in [0.29, 0.717) is 12.4 Å². The van der Waals surface area contributed by atoms with Crippen LogP contribution in [0.5, 0.6) is 0 Å². The van der Waals surface area contributed by atoms with Crippen molar-refractivity contribution in [3.8, 4) is 5.69 Å². The third-order valence-electron chi connectivity index (χ3n) is 4.03. The predicted octanol–water partition coefficient (Wildman–Crippen LogP) is 3.74. The first-order valence-corrected chi connectivity index (χ1v) is 9.04. The highest BCUT2D eigenvalue weighted by Gasteiger charge is 2.17. The Hall–Kier alpha value is -2.90. The van der Waals surface area contributed by atoms with Crippen LogP contribution in [0.1, 0.15) is 22.3 Å². The molecule has 0 bridgehead atoms. The lowest BCUT2D eigenvalue weighted by molar-refractivity contribution is 0.579. The Balaban J connectivity index is 1.58. The molecule has 0 amide bonds. The van der Waals surface area contributed by atoms with E-state index in [1.165, 1.54) is 12.1 Å². The predicted molar refractivity (Wildman–Crippen MR) is 98.6 cm³/mol. The standard InChI is InChI=1S/C19H16FN5S/c20-15-10-8-14(9-11-15)19(17-7-4-12-26-17)21-13-18-22-23-24-25(18)16-5-2-1-3-6-16/h1-12,19,21H,13H2/t19-/m0/s1. The van der Waals surface area contributed by atoms with Crippen molar-refractivity contribution in [2.45, 2.75) is 12.6 Å². The summed E-state index contributed by atoms with van der Waals surface area (Å²) in [6, 6.07) is 20.3. The number of para-hydroxylation sites is 1. The van der Waals surface area contributed by atoms with Crippen LogP contribution in [-0.2, 0) is 6.54 Å². The molecule has 2 aromatic heterocycles. The summed E-state index contributed by atoms with van der Waals surface area (Å²) in [4.78, 5) is 1.15. The second-order valence-corrected chi connectivity index (χ2v) is 6.70. The van der Waals surface area contributed by atoms with Crippen LogP contribution in [0.25, 0.3) is 5.69 Å². The van der Waals surface area contributed by atoms with Crippen molar-refractivity contribution in [1.29, 1.82) is 0 Å². The van der Waals surface area contributed by atoms with E-state index in [1.807, 2.05) is 41.8 Å². The fourth-order valence-corrected chi connectivity index (χ4v) is 3.60. The highest BCUT2D eigenvalue weighted by atomic mass is 32.1. The van der Waals surface area contributed by atoms with Crippen LogP contribution in [0, 0.1) is 5.82 Å². The average molecular weight is 365 g/mol. The molecule has 0 radical (unpaired) electrons. The number of nitrogens with one attached hydrogen (secondary N) is 1. The molecule has 26 heavy (non-hydrogen) atoms. The van der Waals surface area contributed by atoms with Gasteiger partial charge >= 0.3 is 0 Å². The van der Waals surface area contributed by atoms with Gasteiger partial charge in [0, 0.05) is 4.88 Å². The molecule has 0 unspecified atom stereocenters. The van der Waals surface area contributed by atoms with Gasteiger partial charge in [-0.25, -0.2) is 4.39 Å². The first-order chi connectivity index (χ1) is 12.8. The molecule has 1 atom stereocenters. The van der Waals surface area contributed by atoms with Crippen LogP contribution in [0.2, 0.25) is 0 Å². The molecule has 4 aromatic rings. The smallest absolute Gasteiger partial charge is 0.170 e. The number of hydrogen-bond acceptors (Lipinski definition) is 5. The zero-order chi connectivity index (χ0) is 17.8. The third-order valence-corrected chi connectivity index (χ3v) is 4.97. The minimum absolute atomic E-state index is 0.0588. The summed E-state index contributed by atoms with van der Waals surface area (Å²) in [6.07, 6.45) is 0. The van der Waals surface area contributed by atoms with E-state index in [2.05, 4.69) is 26.9 Å². The van der Waals surface area contributed by atoms with E-state index < -0.39 is 0 Å². The Morgan fingerprint density at radius 3 is 2.54 bits per heavy atom. The fourth-order valence-electron chi connectivity index (χ4n) is 2.77. The molecule has 7 heteroatoms. The van der Waals surface area contributed by atoms with Crippen molar-refractivity contribution in [2.24, 2.45) is 0 Å². The van der Waals surface area contributed by atoms with Gasteiger partial charge in [-0.3, -0.25) is 5.32 Å². The van der Waals surface area contributed by atoms with Gasteiger partial charge in [0.15, 0.2) is 5.82 Å². The summed E-state index contributed by atoms with van der Waals surface area (Å²) < 4.78 is 15.0. The number of aromatic nitrogens is 4. The van der Waals surface area contributed by atoms with Crippen molar-refractivity contribution in [3.63, 3.8) is 0 Å². The SMILES string of the molecule is Fc1ccc([C@H](NCc2nnnn2-c2ccccc2)c2cccs2)cc1. The molecule has 0 saturated heterocycles. The van der Waals surface area contributed by atoms with Crippen molar-refractivity contribution >= 4 is 11.3 Å². The second kappa shape index (κ2) is 7.55. The number of nitrogens with zero attached hydrogens (tertiary/aromatic N) is 4. The van der Waals surface area contributed by atoms with E-state index in [1.54, 1.807) is 28.2 Å². The minimum atomic E-state index is -0.244. The lowest BCUT2D eigenvalue weighted by Crippen LogP contribution is -2.23. The number of hydrogen-bond donors (Lipinski definition) is 1. The first kappa shape index (κ1) is 16.6. The highest BCUT2D eigenvalue weighted by molar-refractivity contribution is 7.10. The van der Waals surface area contributed by atoms with Gasteiger partial charge in [0.2, 0.25) is 0 Å². The van der Waals surface area contributed by atoms with Crippen molar-refractivity contribution in [2.75, 3.05) is 0 Å². The van der Waals surface area contributed by atoms with E-state index in [0.717, 1.165) is 16.1 Å². The summed E-state index contributed by atoms with van der Waals surface area (Å²) in [5, 5.41) is 17.5. The van der Waals surface area contributed by atoms with Crippen LogP contribution in [0.4, 0.5) is 4.39 Å². The molecule has 0 spiro atoms. The molecule has 5 nitrogen and oxygen atoms in total. The zero-order valence-corrected chi connectivity index (χ0v) is 14.6. The molecular weight excluding hydrogens is 349 g/mol. The van der Waals surface area contributed by atoms with Crippen LogP contribution in [-0.4, -0.2) is 20.2 Å². The third kappa shape index (κ3) is 3.54. The van der Waals surface area contributed by atoms with Crippen molar-refractivity contribution < 1.29 is 4.39 Å². The van der Waals surface area contributed by atoms with Gasteiger partial charge in [-0.1, -0.05) is 36.4 Å². The van der Waals surface area contributed by atoms with E-state index >= 15 is 0 Å². The maximum Gasteiger partial charge on any atom is 0.170 e. The number of tetrazole rings is 1.